The number of anilines is 1. The number of piperidine rings is 1. The number of hydrogen-bond acceptors (Lipinski definition) is 3. The molecule has 160 valence electrons. The molecule has 29 heavy (non-hydrogen) atoms. The number of carbonyl (C=O) groups is 2. The average molecular weight is 421 g/mol. The number of nitrogens with zero attached hydrogens (tertiary/aromatic N) is 1. The SMILES string of the molecule is Cl.NC1CC2CCCC(C1)C2NC(=O)C1CCN(C(=O)Nc2ccccc2)CC1. The summed E-state index contributed by atoms with van der Waals surface area (Å²) in [6, 6.07) is 10.0. The van der Waals surface area contributed by atoms with Gasteiger partial charge in [0.05, 0.1) is 0 Å². The maximum absolute atomic E-state index is 12.9. The molecule has 1 heterocycles. The van der Waals surface area contributed by atoms with Gasteiger partial charge in [0.25, 0.3) is 0 Å². The number of nitrogens with one attached hydrogen (secondary N) is 2. The Morgan fingerprint density at radius 2 is 1.59 bits per heavy atom. The minimum Gasteiger partial charge on any atom is -0.353 e. The first-order chi connectivity index (χ1) is 13.6. The van der Waals surface area contributed by atoms with E-state index in [1.165, 1.54) is 19.3 Å². The van der Waals surface area contributed by atoms with Crippen LogP contribution in [0.15, 0.2) is 30.3 Å². The van der Waals surface area contributed by atoms with Gasteiger partial charge in [0.15, 0.2) is 0 Å². The Morgan fingerprint density at radius 1 is 0.966 bits per heavy atom. The Bertz CT molecular complexity index is 679. The summed E-state index contributed by atoms with van der Waals surface area (Å²) < 4.78 is 0. The lowest BCUT2D eigenvalue weighted by Gasteiger charge is -2.45. The highest BCUT2D eigenvalue weighted by Crippen LogP contribution is 2.40. The molecule has 1 saturated heterocycles. The minimum atomic E-state index is -0.0825. The van der Waals surface area contributed by atoms with Crippen LogP contribution in [0.3, 0.4) is 0 Å². The van der Waals surface area contributed by atoms with Gasteiger partial charge < -0.3 is 21.3 Å². The molecule has 1 aromatic rings. The maximum Gasteiger partial charge on any atom is 0.321 e. The topological polar surface area (TPSA) is 87.5 Å². The Kier molecular flexibility index (Phi) is 7.41. The molecule has 4 rings (SSSR count). The third kappa shape index (κ3) is 5.23. The summed E-state index contributed by atoms with van der Waals surface area (Å²) in [5, 5.41) is 6.31. The highest BCUT2D eigenvalue weighted by atomic mass is 35.5. The molecule has 0 aromatic heterocycles. The van der Waals surface area contributed by atoms with E-state index in [1.807, 2.05) is 35.2 Å². The number of hydrogen-bond donors (Lipinski definition) is 3. The van der Waals surface area contributed by atoms with Gasteiger partial charge in [-0.25, -0.2) is 4.79 Å². The number of carbonyl (C=O) groups excluding carboxylic acids is 2. The van der Waals surface area contributed by atoms with Crippen LogP contribution in [-0.2, 0) is 4.79 Å². The van der Waals surface area contributed by atoms with Crippen molar-refractivity contribution in [2.45, 2.75) is 57.0 Å². The summed E-state index contributed by atoms with van der Waals surface area (Å²) in [6.07, 6.45) is 7.19. The first-order valence-electron chi connectivity index (χ1n) is 10.8. The lowest BCUT2D eigenvalue weighted by atomic mass is 9.67. The normalized spacial score (nSPS) is 29.5. The minimum absolute atomic E-state index is 0. The molecule has 0 spiro atoms. The van der Waals surface area contributed by atoms with Gasteiger partial charge in [0.2, 0.25) is 5.91 Å². The quantitative estimate of drug-likeness (QED) is 0.700. The van der Waals surface area contributed by atoms with Gasteiger partial charge in [0.1, 0.15) is 0 Å². The smallest absolute Gasteiger partial charge is 0.321 e. The molecule has 3 amide bonds. The number of amides is 3. The van der Waals surface area contributed by atoms with Crippen molar-refractivity contribution in [3.05, 3.63) is 30.3 Å². The predicted molar refractivity (Wildman–Crippen MR) is 117 cm³/mol. The molecule has 2 atom stereocenters. The fraction of sp³-hybridized carbons (Fsp3) is 0.636. The van der Waals surface area contributed by atoms with Crippen LogP contribution < -0.4 is 16.4 Å². The van der Waals surface area contributed by atoms with Crippen LogP contribution in [0.2, 0.25) is 0 Å². The highest BCUT2D eigenvalue weighted by molar-refractivity contribution is 5.89. The van der Waals surface area contributed by atoms with Crippen molar-refractivity contribution in [3.8, 4) is 0 Å². The van der Waals surface area contributed by atoms with E-state index in [0.717, 1.165) is 31.4 Å². The molecular weight excluding hydrogens is 388 g/mol. The van der Waals surface area contributed by atoms with E-state index in [9.17, 15) is 9.59 Å². The van der Waals surface area contributed by atoms with Gasteiger partial charge in [-0.15, -0.1) is 12.4 Å². The highest BCUT2D eigenvalue weighted by Gasteiger charge is 2.41. The van der Waals surface area contributed by atoms with E-state index in [-0.39, 0.29) is 30.3 Å². The zero-order valence-corrected chi connectivity index (χ0v) is 17.7. The van der Waals surface area contributed by atoms with Crippen LogP contribution in [0, 0.1) is 17.8 Å². The third-order valence-electron chi connectivity index (χ3n) is 6.86. The van der Waals surface area contributed by atoms with Crippen molar-refractivity contribution >= 4 is 30.0 Å². The molecule has 2 saturated carbocycles. The molecule has 2 bridgehead atoms. The summed E-state index contributed by atoms with van der Waals surface area (Å²) in [7, 11) is 0. The fourth-order valence-electron chi connectivity index (χ4n) is 5.38. The molecule has 6 nitrogen and oxygen atoms in total. The zero-order chi connectivity index (χ0) is 19.5. The van der Waals surface area contributed by atoms with Crippen molar-refractivity contribution in [3.63, 3.8) is 0 Å². The van der Waals surface area contributed by atoms with Crippen LogP contribution in [0.5, 0.6) is 0 Å². The van der Waals surface area contributed by atoms with E-state index < -0.39 is 0 Å². The maximum atomic E-state index is 12.9. The van der Waals surface area contributed by atoms with Gasteiger partial charge in [-0.1, -0.05) is 24.6 Å². The first-order valence-corrected chi connectivity index (χ1v) is 10.8. The van der Waals surface area contributed by atoms with Crippen LogP contribution in [0.1, 0.15) is 44.9 Å². The number of rotatable bonds is 3. The molecule has 1 aromatic carbocycles. The number of likely N-dealkylation sites (tertiary alicyclic amines) is 1. The molecule has 3 fully saturated rings. The second-order valence-electron chi connectivity index (χ2n) is 8.77. The summed E-state index contributed by atoms with van der Waals surface area (Å²) in [5.74, 6) is 1.28. The number of fused-ring (bicyclic) bond motifs is 2. The standard InChI is InChI=1S/C22H32N4O2.ClH/c23-18-13-16-5-4-6-17(14-18)20(16)25-21(27)15-9-11-26(12-10-15)22(28)24-19-7-2-1-3-8-19;/h1-3,7-8,15-18,20H,4-6,9-14,23H2,(H,24,28)(H,25,27);1H. The number of nitrogens with two attached hydrogens (primary N) is 1. The van der Waals surface area contributed by atoms with Crippen LogP contribution in [0.25, 0.3) is 0 Å². The molecule has 0 radical (unpaired) electrons. The Morgan fingerprint density at radius 3 is 2.21 bits per heavy atom. The third-order valence-corrected chi connectivity index (χ3v) is 6.86. The van der Waals surface area contributed by atoms with Gasteiger partial charge in [-0.05, 0) is 62.5 Å². The molecule has 7 heteroatoms. The van der Waals surface area contributed by atoms with Gasteiger partial charge in [-0.3, -0.25) is 4.79 Å². The molecule has 3 aliphatic rings. The Labute approximate surface area is 179 Å². The van der Waals surface area contributed by atoms with Crippen molar-refractivity contribution in [1.82, 2.24) is 10.2 Å². The number of urea groups is 1. The average Bonchev–Trinajstić information content (AvgIpc) is 2.69. The summed E-state index contributed by atoms with van der Waals surface area (Å²) in [6.45, 7) is 1.25. The van der Waals surface area contributed by atoms with Crippen molar-refractivity contribution in [2.75, 3.05) is 18.4 Å². The van der Waals surface area contributed by atoms with E-state index >= 15 is 0 Å². The van der Waals surface area contributed by atoms with Gasteiger partial charge >= 0.3 is 6.03 Å². The van der Waals surface area contributed by atoms with E-state index in [0.29, 0.717) is 37.0 Å². The van der Waals surface area contributed by atoms with Crippen molar-refractivity contribution in [2.24, 2.45) is 23.5 Å². The van der Waals surface area contributed by atoms with Crippen LogP contribution in [-0.4, -0.2) is 42.0 Å². The second kappa shape index (κ2) is 9.81. The number of para-hydroxylation sites is 1. The van der Waals surface area contributed by atoms with Gasteiger partial charge in [0, 0.05) is 36.8 Å². The summed E-state index contributed by atoms with van der Waals surface area (Å²) in [4.78, 5) is 27.1. The lowest BCUT2D eigenvalue weighted by Crippen LogP contribution is -2.55. The van der Waals surface area contributed by atoms with E-state index in [4.69, 9.17) is 5.73 Å². The monoisotopic (exact) mass is 420 g/mol. The van der Waals surface area contributed by atoms with E-state index in [2.05, 4.69) is 10.6 Å². The van der Waals surface area contributed by atoms with Crippen LogP contribution >= 0.6 is 12.4 Å². The molecule has 4 N–H and O–H groups in total. The van der Waals surface area contributed by atoms with Crippen LogP contribution in [0.4, 0.5) is 10.5 Å². The fourth-order valence-corrected chi connectivity index (χ4v) is 5.38. The van der Waals surface area contributed by atoms with Gasteiger partial charge in [-0.2, -0.15) is 0 Å². The predicted octanol–water partition coefficient (Wildman–Crippen LogP) is 3.37. The number of halogens is 1. The number of benzene rings is 1. The largest absolute Gasteiger partial charge is 0.353 e. The second-order valence-corrected chi connectivity index (χ2v) is 8.77. The lowest BCUT2D eigenvalue weighted by molar-refractivity contribution is -0.128. The first kappa shape index (κ1) is 21.9. The molecule has 1 aliphatic heterocycles. The molecule has 2 unspecified atom stereocenters. The summed E-state index contributed by atoms with van der Waals surface area (Å²) in [5.41, 5.74) is 7.00. The molecular formula is C22H33ClN4O2. The zero-order valence-electron chi connectivity index (χ0n) is 16.9. The van der Waals surface area contributed by atoms with Crippen molar-refractivity contribution in [1.29, 1.82) is 0 Å². The van der Waals surface area contributed by atoms with Crippen molar-refractivity contribution < 1.29 is 9.59 Å². The molecule has 2 aliphatic carbocycles. The Hall–Kier alpha value is -1.79. The Balaban J connectivity index is 0.00000240. The summed E-state index contributed by atoms with van der Waals surface area (Å²) >= 11 is 0. The van der Waals surface area contributed by atoms with E-state index in [1.54, 1.807) is 0 Å².